The van der Waals surface area contributed by atoms with Gasteiger partial charge < -0.3 is 10.5 Å². The first kappa shape index (κ1) is 15.2. The van der Waals surface area contributed by atoms with E-state index in [1.807, 2.05) is 0 Å². The van der Waals surface area contributed by atoms with Crippen LogP contribution in [-0.4, -0.2) is 5.97 Å². The minimum absolute atomic E-state index is 0.0656. The van der Waals surface area contributed by atoms with Crippen molar-refractivity contribution >= 4 is 50.8 Å². The number of ether oxygens (including phenoxy) is 1. The molecule has 0 aromatic heterocycles. The van der Waals surface area contributed by atoms with Crippen molar-refractivity contribution in [3.63, 3.8) is 0 Å². The zero-order chi connectivity index (χ0) is 14.7. The maximum absolute atomic E-state index is 12.0. The molecule has 2 N–H and O–H groups in total. The Labute approximate surface area is 134 Å². The Morgan fingerprint density at radius 2 is 1.95 bits per heavy atom. The van der Waals surface area contributed by atoms with Crippen molar-refractivity contribution in [2.24, 2.45) is 0 Å². The van der Waals surface area contributed by atoms with E-state index in [2.05, 4.69) is 15.9 Å². The van der Waals surface area contributed by atoms with Crippen molar-refractivity contribution in [2.75, 3.05) is 5.73 Å². The molecule has 0 aliphatic rings. The van der Waals surface area contributed by atoms with E-state index in [1.165, 1.54) is 0 Å². The number of anilines is 1. The lowest BCUT2D eigenvalue weighted by Gasteiger charge is -2.08. The molecule has 2 rings (SSSR count). The average molecular weight is 375 g/mol. The van der Waals surface area contributed by atoms with Gasteiger partial charge in [0.25, 0.3) is 0 Å². The molecule has 3 nitrogen and oxygen atoms in total. The highest BCUT2D eigenvalue weighted by atomic mass is 79.9. The Hall–Kier alpha value is -1.23. The van der Waals surface area contributed by atoms with Gasteiger partial charge in [0.2, 0.25) is 0 Å². The second kappa shape index (κ2) is 6.48. The number of hydrogen-bond donors (Lipinski definition) is 1. The van der Waals surface area contributed by atoms with E-state index >= 15 is 0 Å². The molecule has 20 heavy (non-hydrogen) atoms. The predicted octanol–water partition coefficient (Wildman–Crippen LogP) is 4.70. The summed E-state index contributed by atoms with van der Waals surface area (Å²) < 4.78 is 5.84. The van der Waals surface area contributed by atoms with Crippen molar-refractivity contribution in [2.45, 2.75) is 6.61 Å². The van der Waals surface area contributed by atoms with Gasteiger partial charge in [-0.05, 0) is 46.3 Å². The summed E-state index contributed by atoms with van der Waals surface area (Å²) in [5, 5.41) is 0.987. The zero-order valence-electron chi connectivity index (χ0n) is 10.2. The van der Waals surface area contributed by atoms with Crippen molar-refractivity contribution in [3.05, 3.63) is 62.0 Å². The lowest BCUT2D eigenvalue weighted by atomic mass is 10.2. The lowest BCUT2D eigenvalue weighted by molar-refractivity contribution is 0.0472. The molecule has 104 valence electrons. The van der Waals surface area contributed by atoms with E-state index in [9.17, 15) is 4.79 Å². The van der Waals surface area contributed by atoms with Gasteiger partial charge in [-0.15, -0.1) is 0 Å². The maximum atomic E-state index is 12.0. The summed E-state index contributed by atoms with van der Waals surface area (Å²) >= 11 is 15.1. The second-order valence-corrected chi connectivity index (χ2v) is 5.75. The second-order valence-electron chi connectivity index (χ2n) is 4.05. The minimum atomic E-state index is -0.477. The number of halogens is 3. The van der Waals surface area contributed by atoms with Crippen LogP contribution < -0.4 is 5.73 Å². The van der Waals surface area contributed by atoms with Crippen molar-refractivity contribution in [1.29, 1.82) is 0 Å². The largest absolute Gasteiger partial charge is 0.457 e. The van der Waals surface area contributed by atoms with Crippen LogP contribution in [0.4, 0.5) is 5.69 Å². The normalized spacial score (nSPS) is 10.3. The molecular weight excluding hydrogens is 365 g/mol. The summed E-state index contributed by atoms with van der Waals surface area (Å²) in [6, 6.07) is 9.94. The molecule has 0 aliphatic heterocycles. The molecule has 0 unspecified atom stereocenters. The Morgan fingerprint density at radius 1 is 1.20 bits per heavy atom. The number of carbonyl (C=O) groups excluding carboxylic acids is 1. The summed E-state index contributed by atoms with van der Waals surface area (Å²) in [6.45, 7) is 0.0656. The highest BCUT2D eigenvalue weighted by Crippen LogP contribution is 2.24. The fraction of sp³-hybridized carbons (Fsp3) is 0.0714. The predicted molar refractivity (Wildman–Crippen MR) is 84.1 cm³/mol. The van der Waals surface area contributed by atoms with E-state index in [4.69, 9.17) is 33.7 Å². The van der Waals surface area contributed by atoms with Crippen molar-refractivity contribution < 1.29 is 9.53 Å². The first-order valence-corrected chi connectivity index (χ1v) is 7.18. The van der Waals surface area contributed by atoms with Gasteiger partial charge in [-0.3, -0.25) is 0 Å². The Kier molecular flexibility index (Phi) is 4.91. The number of esters is 1. The van der Waals surface area contributed by atoms with Crippen molar-refractivity contribution in [1.82, 2.24) is 0 Å². The molecule has 0 saturated carbocycles. The number of nitrogens with two attached hydrogens (primary N) is 1. The molecule has 0 aliphatic carbocycles. The topological polar surface area (TPSA) is 52.3 Å². The molecular formula is C14H10BrCl2NO2. The van der Waals surface area contributed by atoms with Gasteiger partial charge in [-0.25, -0.2) is 4.79 Å². The molecule has 0 atom stereocenters. The van der Waals surface area contributed by atoms with E-state index in [1.54, 1.807) is 36.4 Å². The van der Waals surface area contributed by atoms with Gasteiger partial charge in [0.15, 0.2) is 0 Å². The smallest absolute Gasteiger partial charge is 0.339 e. The first-order valence-electron chi connectivity index (χ1n) is 5.63. The van der Waals surface area contributed by atoms with Gasteiger partial charge >= 0.3 is 5.97 Å². The monoisotopic (exact) mass is 373 g/mol. The molecule has 0 bridgehead atoms. The Morgan fingerprint density at radius 3 is 2.65 bits per heavy atom. The van der Waals surface area contributed by atoms with Gasteiger partial charge in [-0.1, -0.05) is 29.3 Å². The third-order valence-electron chi connectivity index (χ3n) is 2.58. The molecule has 0 saturated heterocycles. The van der Waals surface area contributed by atoms with Crippen LogP contribution in [0.25, 0.3) is 0 Å². The van der Waals surface area contributed by atoms with E-state index in [-0.39, 0.29) is 6.61 Å². The molecule has 0 radical (unpaired) electrons. The molecule has 2 aromatic carbocycles. The molecule has 0 heterocycles. The molecule has 6 heteroatoms. The van der Waals surface area contributed by atoms with Crippen molar-refractivity contribution in [3.8, 4) is 0 Å². The third kappa shape index (κ3) is 3.66. The molecule has 2 aromatic rings. The van der Waals surface area contributed by atoms with Gasteiger partial charge in [-0.2, -0.15) is 0 Å². The number of benzene rings is 2. The van der Waals surface area contributed by atoms with Crippen LogP contribution in [0.3, 0.4) is 0 Å². The van der Waals surface area contributed by atoms with Crippen LogP contribution in [0.15, 0.2) is 40.9 Å². The number of hydrogen-bond acceptors (Lipinski definition) is 3. The minimum Gasteiger partial charge on any atom is -0.457 e. The fourth-order valence-electron chi connectivity index (χ4n) is 1.56. The zero-order valence-corrected chi connectivity index (χ0v) is 13.3. The highest BCUT2D eigenvalue weighted by molar-refractivity contribution is 9.10. The summed E-state index contributed by atoms with van der Waals surface area (Å²) in [6.07, 6.45) is 0. The maximum Gasteiger partial charge on any atom is 0.339 e. The first-order chi connectivity index (χ1) is 9.47. The van der Waals surface area contributed by atoms with Crippen LogP contribution in [0.5, 0.6) is 0 Å². The summed E-state index contributed by atoms with van der Waals surface area (Å²) in [5.41, 5.74) is 7.19. The number of nitrogen functional groups attached to an aromatic ring is 1. The number of carbonyl (C=O) groups is 1. The molecule has 0 spiro atoms. The van der Waals surface area contributed by atoms with Crippen LogP contribution in [-0.2, 0) is 11.3 Å². The quantitative estimate of drug-likeness (QED) is 0.626. The van der Waals surface area contributed by atoms with Gasteiger partial charge in [0, 0.05) is 25.8 Å². The van der Waals surface area contributed by atoms with Crippen LogP contribution in [0.1, 0.15) is 15.9 Å². The summed E-state index contributed by atoms with van der Waals surface area (Å²) in [4.78, 5) is 12.0. The van der Waals surface area contributed by atoms with E-state index in [0.29, 0.717) is 31.3 Å². The van der Waals surface area contributed by atoms with Gasteiger partial charge in [0.05, 0.1) is 5.56 Å². The van der Waals surface area contributed by atoms with Crippen LogP contribution >= 0.6 is 39.1 Å². The number of rotatable bonds is 3. The van der Waals surface area contributed by atoms with E-state index < -0.39 is 5.97 Å². The lowest BCUT2D eigenvalue weighted by Crippen LogP contribution is -2.07. The Bertz CT molecular complexity index is 662. The Balaban J connectivity index is 2.10. The van der Waals surface area contributed by atoms with Crippen LogP contribution in [0.2, 0.25) is 10.0 Å². The summed E-state index contributed by atoms with van der Waals surface area (Å²) in [5.74, 6) is -0.477. The van der Waals surface area contributed by atoms with Gasteiger partial charge in [0.1, 0.15) is 6.61 Å². The standard InChI is InChI=1S/C14H10BrCl2NO2/c15-12-4-3-10(18)6-11(12)14(19)20-7-8-1-2-9(16)5-13(8)17/h1-6H,7,18H2. The fourth-order valence-corrected chi connectivity index (χ4v) is 2.43. The third-order valence-corrected chi connectivity index (χ3v) is 3.86. The molecule has 0 amide bonds. The van der Waals surface area contributed by atoms with Crippen LogP contribution in [0, 0.1) is 0 Å². The highest BCUT2D eigenvalue weighted by Gasteiger charge is 2.13. The SMILES string of the molecule is Nc1ccc(Br)c(C(=O)OCc2ccc(Cl)cc2Cl)c1. The van der Waals surface area contributed by atoms with E-state index in [0.717, 1.165) is 0 Å². The summed E-state index contributed by atoms with van der Waals surface area (Å²) in [7, 11) is 0. The average Bonchev–Trinajstić information content (AvgIpc) is 2.40. The molecule has 0 fully saturated rings.